The zero-order valence-corrected chi connectivity index (χ0v) is 14.7. The number of nitrogens with zero attached hydrogens (tertiary/aromatic N) is 1. The normalized spacial score (nSPS) is 12.2. The van der Waals surface area contributed by atoms with Gasteiger partial charge in [0.15, 0.2) is 15.8 Å². The van der Waals surface area contributed by atoms with E-state index in [4.69, 9.17) is 4.74 Å². The Labute approximate surface area is 139 Å². The number of benzene rings is 1. The Morgan fingerprint density at radius 2 is 1.96 bits per heavy atom. The van der Waals surface area contributed by atoms with Gasteiger partial charge in [-0.25, -0.2) is 8.42 Å². The number of rotatable bonds is 10. The van der Waals surface area contributed by atoms with Crippen LogP contribution in [0.5, 0.6) is 0 Å². The van der Waals surface area contributed by atoms with Crippen molar-refractivity contribution in [2.75, 3.05) is 39.1 Å². The van der Waals surface area contributed by atoms with Gasteiger partial charge in [-0.05, 0) is 18.9 Å². The predicted molar refractivity (Wildman–Crippen MR) is 94.4 cm³/mol. The van der Waals surface area contributed by atoms with Gasteiger partial charge in [0.25, 0.3) is 0 Å². The SMILES string of the molecule is CCNC(=NCCCS(=O)(=O)Cc1ccccc1)NCCOC. The molecule has 0 aliphatic heterocycles. The number of aliphatic imine (C=N–C) groups is 1. The summed E-state index contributed by atoms with van der Waals surface area (Å²) in [5, 5.41) is 6.24. The molecule has 1 aromatic rings. The molecule has 1 aromatic carbocycles. The minimum Gasteiger partial charge on any atom is -0.383 e. The van der Waals surface area contributed by atoms with Crippen molar-refractivity contribution in [2.45, 2.75) is 19.1 Å². The van der Waals surface area contributed by atoms with Crippen molar-refractivity contribution < 1.29 is 13.2 Å². The van der Waals surface area contributed by atoms with Gasteiger partial charge in [-0.2, -0.15) is 0 Å². The molecule has 0 aliphatic carbocycles. The molecule has 0 bridgehead atoms. The van der Waals surface area contributed by atoms with Crippen LogP contribution in [-0.2, 0) is 20.3 Å². The van der Waals surface area contributed by atoms with E-state index in [1.807, 2.05) is 37.3 Å². The van der Waals surface area contributed by atoms with Crippen molar-refractivity contribution in [3.05, 3.63) is 35.9 Å². The van der Waals surface area contributed by atoms with Gasteiger partial charge in [-0.15, -0.1) is 0 Å². The number of nitrogens with one attached hydrogen (secondary N) is 2. The maximum atomic E-state index is 12.1. The van der Waals surface area contributed by atoms with Crippen molar-refractivity contribution >= 4 is 15.8 Å². The number of sulfone groups is 1. The lowest BCUT2D eigenvalue weighted by molar-refractivity contribution is 0.203. The maximum Gasteiger partial charge on any atom is 0.191 e. The van der Waals surface area contributed by atoms with Crippen molar-refractivity contribution in [1.29, 1.82) is 0 Å². The number of methoxy groups -OCH3 is 1. The third-order valence-corrected chi connectivity index (χ3v) is 4.74. The average Bonchev–Trinajstić information content (AvgIpc) is 2.52. The largest absolute Gasteiger partial charge is 0.383 e. The van der Waals surface area contributed by atoms with Crippen molar-refractivity contribution in [1.82, 2.24) is 10.6 Å². The van der Waals surface area contributed by atoms with Crippen molar-refractivity contribution in [3.63, 3.8) is 0 Å². The summed E-state index contributed by atoms with van der Waals surface area (Å²) in [7, 11) is -1.45. The molecule has 0 saturated carbocycles. The molecule has 2 N–H and O–H groups in total. The third-order valence-electron chi connectivity index (χ3n) is 3.06. The molecule has 0 spiro atoms. The molecule has 0 aliphatic rings. The molecular weight excluding hydrogens is 314 g/mol. The molecule has 23 heavy (non-hydrogen) atoms. The lowest BCUT2D eigenvalue weighted by Crippen LogP contribution is -2.39. The monoisotopic (exact) mass is 341 g/mol. The van der Waals surface area contributed by atoms with Gasteiger partial charge in [-0.3, -0.25) is 4.99 Å². The first kappa shape index (κ1) is 19.4. The molecular formula is C16H27N3O3S. The second-order valence-electron chi connectivity index (χ2n) is 5.11. The van der Waals surface area contributed by atoms with E-state index in [-0.39, 0.29) is 11.5 Å². The lowest BCUT2D eigenvalue weighted by Gasteiger charge is -2.10. The lowest BCUT2D eigenvalue weighted by atomic mass is 10.2. The van der Waals surface area contributed by atoms with E-state index in [0.717, 1.165) is 12.1 Å². The van der Waals surface area contributed by atoms with Gasteiger partial charge in [-0.1, -0.05) is 30.3 Å². The average molecular weight is 341 g/mol. The second kappa shape index (κ2) is 11.0. The number of hydrogen-bond donors (Lipinski definition) is 2. The molecule has 0 aromatic heterocycles. The minimum atomic E-state index is -3.10. The van der Waals surface area contributed by atoms with E-state index in [0.29, 0.717) is 32.1 Å². The summed E-state index contributed by atoms with van der Waals surface area (Å²) >= 11 is 0. The van der Waals surface area contributed by atoms with Crippen molar-refractivity contribution in [2.24, 2.45) is 4.99 Å². The Morgan fingerprint density at radius 3 is 2.61 bits per heavy atom. The van der Waals surface area contributed by atoms with Crippen LogP contribution in [0.3, 0.4) is 0 Å². The first-order valence-corrected chi connectivity index (χ1v) is 9.65. The Hall–Kier alpha value is -1.60. The topological polar surface area (TPSA) is 79.8 Å². The number of guanidine groups is 1. The molecule has 130 valence electrons. The van der Waals surface area contributed by atoms with Gasteiger partial charge in [0.1, 0.15) is 0 Å². The Bertz CT molecular complexity index is 559. The molecule has 6 nitrogen and oxygen atoms in total. The summed E-state index contributed by atoms with van der Waals surface area (Å²) in [5.41, 5.74) is 0.825. The van der Waals surface area contributed by atoms with Gasteiger partial charge < -0.3 is 15.4 Å². The highest BCUT2D eigenvalue weighted by molar-refractivity contribution is 7.90. The summed E-state index contributed by atoms with van der Waals surface area (Å²) in [6.45, 7) is 4.46. The van der Waals surface area contributed by atoms with Crippen LogP contribution in [0.25, 0.3) is 0 Å². The molecule has 0 amide bonds. The number of ether oxygens (including phenoxy) is 1. The first-order valence-electron chi connectivity index (χ1n) is 7.83. The van der Waals surface area contributed by atoms with E-state index in [2.05, 4.69) is 15.6 Å². The Kier molecular flexibility index (Phi) is 9.31. The summed E-state index contributed by atoms with van der Waals surface area (Å²) < 4.78 is 29.1. The van der Waals surface area contributed by atoms with Gasteiger partial charge in [0.05, 0.1) is 18.1 Å². The van der Waals surface area contributed by atoms with Crippen LogP contribution in [-0.4, -0.2) is 53.5 Å². The third kappa shape index (κ3) is 9.20. The summed E-state index contributed by atoms with van der Waals surface area (Å²) in [6, 6.07) is 9.24. The minimum absolute atomic E-state index is 0.0870. The fourth-order valence-corrected chi connectivity index (χ4v) is 3.40. The van der Waals surface area contributed by atoms with Crippen LogP contribution >= 0.6 is 0 Å². The highest BCUT2D eigenvalue weighted by atomic mass is 32.2. The number of hydrogen-bond acceptors (Lipinski definition) is 4. The Balaban J connectivity index is 2.39. The molecule has 0 atom stereocenters. The van der Waals surface area contributed by atoms with Crippen LogP contribution in [0.4, 0.5) is 0 Å². The van der Waals surface area contributed by atoms with E-state index >= 15 is 0 Å². The van der Waals surface area contributed by atoms with Gasteiger partial charge in [0, 0.05) is 26.7 Å². The molecule has 0 unspecified atom stereocenters. The van der Waals surface area contributed by atoms with Gasteiger partial charge in [0.2, 0.25) is 0 Å². The molecule has 0 heterocycles. The van der Waals surface area contributed by atoms with Crippen LogP contribution in [0.15, 0.2) is 35.3 Å². The summed E-state index contributed by atoms with van der Waals surface area (Å²) in [4.78, 5) is 4.37. The molecule has 0 saturated heterocycles. The molecule has 1 rings (SSSR count). The summed E-state index contributed by atoms with van der Waals surface area (Å²) in [6.07, 6.45) is 0.510. The van der Waals surface area contributed by atoms with Crippen LogP contribution in [0, 0.1) is 0 Å². The van der Waals surface area contributed by atoms with Crippen LogP contribution in [0.2, 0.25) is 0 Å². The van der Waals surface area contributed by atoms with Crippen LogP contribution in [0.1, 0.15) is 18.9 Å². The van der Waals surface area contributed by atoms with Crippen molar-refractivity contribution in [3.8, 4) is 0 Å². The second-order valence-corrected chi connectivity index (χ2v) is 7.30. The quantitative estimate of drug-likeness (QED) is 0.380. The first-order chi connectivity index (χ1) is 11.1. The molecule has 7 heteroatoms. The summed E-state index contributed by atoms with van der Waals surface area (Å²) in [5.74, 6) is 0.914. The Morgan fingerprint density at radius 1 is 1.22 bits per heavy atom. The fraction of sp³-hybridized carbons (Fsp3) is 0.562. The standard InChI is InChI=1S/C16H27N3O3S/c1-3-17-16(19-11-12-22-2)18-10-7-13-23(20,21)14-15-8-5-4-6-9-15/h4-6,8-9H,3,7,10-14H2,1-2H3,(H2,17,18,19). The smallest absolute Gasteiger partial charge is 0.191 e. The van der Waals surface area contributed by atoms with Gasteiger partial charge >= 0.3 is 0 Å². The van der Waals surface area contributed by atoms with E-state index in [9.17, 15) is 8.42 Å². The molecule has 0 fully saturated rings. The van der Waals surface area contributed by atoms with E-state index < -0.39 is 9.84 Å². The van der Waals surface area contributed by atoms with E-state index in [1.54, 1.807) is 7.11 Å². The molecule has 0 radical (unpaired) electrons. The van der Waals surface area contributed by atoms with E-state index in [1.165, 1.54) is 0 Å². The zero-order chi connectivity index (χ0) is 17.0. The highest BCUT2D eigenvalue weighted by Crippen LogP contribution is 2.07. The predicted octanol–water partition coefficient (Wildman–Crippen LogP) is 1.19. The highest BCUT2D eigenvalue weighted by Gasteiger charge is 2.11. The zero-order valence-electron chi connectivity index (χ0n) is 13.9. The maximum absolute atomic E-state index is 12.1. The van der Waals surface area contributed by atoms with Crippen LogP contribution < -0.4 is 10.6 Å². The fourth-order valence-electron chi connectivity index (χ4n) is 1.99.